The van der Waals surface area contributed by atoms with E-state index in [-0.39, 0.29) is 12.6 Å². The van der Waals surface area contributed by atoms with Gasteiger partial charge in [-0.25, -0.2) is 0 Å². The third-order valence-electron chi connectivity index (χ3n) is 3.13. The number of aryl methyl sites for hydroxylation is 2. The van der Waals surface area contributed by atoms with E-state index in [1.165, 1.54) is 9.13 Å². The van der Waals surface area contributed by atoms with Crippen LogP contribution in [-0.2, 0) is 13.6 Å². The maximum Gasteiger partial charge on any atom is 0.316 e. The first-order chi connectivity index (χ1) is 8.99. The molecule has 0 aliphatic carbocycles. The molecule has 0 saturated heterocycles. The first-order valence-corrected chi connectivity index (χ1v) is 6.07. The van der Waals surface area contributed by atoms with E-state index in [1.807, 2.05) is 31.2 Å². The van der Waals surface area contributed by atoms with Crippen LogP contribution in [0.2, 0.25) is 0 Å². The first-order valence-electron chi connectivity index (χ1n) is 6.07. The highest BCUT2D eigenvalue weighted by Crippen LogP contribution is 2.12. The van der Waals surface area contributed by atoms with Crippen LogP contribution in [0, 0.1) is 6.92 Å². The second-order valence-corrected chi connectivity index (χ2v) is 4.69. The molecular weight excluding hydrogens is 242 g/mol. The molecule has 2 N–H and O–H groups in total. The topological polar surface area (TPSA) is 70.0 Å². The summed E-state index contributed by atoms with van der Waals surface area (Å²) in [6, 6.07) is 7.51. The predicted molar refractivity (Wildman–Crippen MR) is 74.1 cm³/mol. The van der Waals surface area contributed by atoms with Crippen molar-refractivity contribution in [2.24, 2.45) is 12.8 Å². The number of hydrogen-bond acceptors (Lipinski definition) is 3. The predicted octanol–water partition coefficient (Wildman–Crippen LogP) is 0.555. The lowest BCUT2D eigenvalue weighted by Gasteiger charge is -2.14. The molecule has 0 fully saturated rings. The van der Waals surface area contributed by atoms with E-state index in [9.17, 15) is 9.59 Å². The van der Waals surface area contributed by atoms with Gasteiger partial charge in [0.15, 0.2) is 0 Å². The molecule has 0 spiro atoms. The van der Waals surface area contributed by atoms with E-state index in [2.05, 4.69) is 0 Å². The summed E-state index contributed by atoms with van der Waals surface area (Å²) in [6.07, 6.45) is 3.14. The molecule has 0 saturated carbocycles. The van der Waals surface area contributed by atoms with Gasteiger partial charge in [-0.15, -0.1) is 0 Å². The molecule has 2 aromatic rings. The molecule has 19 heavy (non-hydrogen) atoms. The van der Waals surface area contributed by atoms with Gasteiger partial charge in [0.1, 0.15) is 0 Å². The Morgan fingerprint density at radius 1 is 1.11 bits per heavy atom. The largest absolute Gasteiger partial charge is 0.322 e. The minimum Gasteiger partial charge on any atom is -0.322 e. The maximum absolute atomic E-state index is 11.8. The molecule has 0 aliphatic heterocycles. The Labute approximate surface area is 110 Å². The molecule has 1 atom stereocenters. The van der Waals surface area contributed by atoms with E-state index in [1.54, 1.807) is 19.4 Å². The van der Waals surface area contributed by atoms with Crippen molar-refractivity contribution in [2.45, 2.75) is 19.5 Å². The molecule has 0 aliphatic rings. The van der Waals surface area contributed by atoms with Crippen molar-refractivity contribution in [2.75, 3.05) is 0 Å². The molecule has 0 radical (unpaired) electrons. The summed E-state index contributed by atoms with van der Waals surface area (Å²) < 4.78 is 2.61. The van der Waals surface area contributed by atoms with Crippen LogP contribution in [0.5, 0.6) is 0 Å². The molecule has 1 unspecified atom stereocenters. The Morgan fingerprint density at radius 3 is 2.37 bits per heavy atom. The van der Waals surface area contributed by atoms with E-state index < -0.39 is 11.1 Å². The number of aromatic nitrogens is 2. The van der Waals surface area contributed by atoms with Crippen molar-refractivity contribution < 1.29 is 0 Å². The van der Waals surface area contributed by atoms with Crippen LogP contribution in [0.15, 0.2) is 46.2 Å². The summed E-state index contributed by atoms with van der Waals surface area (Å²) in [7, 11) is 1.55. The average molecular weight is 259 g/mol. The summed E-state index contributed by atoms with van der Waals surface area (Å²) >= 11 is 0. The van der Waals surface area contributed by atoms with Crippen LogP contribution < -0.4 is 16.9 Å². The third kappa shape index (κ3) is 2.82. The number of rotatable bonds is 3. The van der Waals surface area contributed by atoms with Gasteiger partial charge in [-0.05, 0) is 12.5 Å². The number of nitrogens with two attached hydrogens (primary N) is 1. The van der Waals surface area contributed by atoms with E-state index >= 15 is 0 Å². The van der Waals surface area contributed by atoms with E-state index in [0.29, 0.717) is 0 Å². The summed E-state index contributed by atoms with van der Waals surface area (Å²) in [6.45, 7) is 2.29. The standard InChI is InChI=1S/C14H17N3O2/c1-10-3-5-11(6-4-10)12(15)9-17-8-7-16(2)13(18)14(17)19/h3-8,12H,9,15H2,1-2H3. The maximum atomic E-state index is 11.8. The highest BCUT2D eigenvalue weighted by Gasteiger charge is 2.09. The molecule has 5 nitrogen and oxygen atoms in total. The summed E-state index contributed by atoms with van der Waals surface area (Å²) in [5.74, 6) is 0. The highest BCUT2D eigenvalue weighted by molar-refractivity contribution is 5.23. The van der Waals surface area contributed by atoms with Crippen molar-refractivity contribution in [3.8, 4) is 0 Å². The molecule has 1 heterocycles. The third-order valence-corrected chi connectivity index (χ3v) is 3.13. The van der Waals surface area contributed by atoms with Gasteiger partial charge in [0.05, 0.1) is 0 Å². The SMILES string of the molecule is Cc1ccc(C(N)Cn2ccn(C)c(=O)c2=O)cc1. The second-order valence-electron chi connectivity index (χ2n) is 4.69. The van der Waals surface area contributed by atoms with Crippen molar-refractivity contribution in [3.63, 3.8) is 0 Å². The minimum absolute atomic E-state index is 0.290. The first kappa shape index (κ1) is 13.3. The number of hydrogen-bond donors (Lipinski definition) is 1. The van der Waals surface area contributed by atoms with Gasteiger partial charge < -0.3 is 14.9 Å². The molecule has 0 bridgehead atoms. The fourth-order valence-corrected chi connectivity index (χ4v) is 1.86. The fraction of sp³-hybridized carbons (Fsp3) is 0.286. The molecule has 100 valence electrons. The molecule has 1 aromatic heterocycles. The second kappa shape index (κ2) is 5.24. The van der Waals surface area contributed by atoms with Crippen LogP contribution in [0.1, 0.15) is 17.2 Å². The Kier molecular flexibility index (Phi) is 3.66. The summed E-state index contributed by atoms with van der Waals surface area (Å²) in [5, 5.41) is 0. The van der Waals surface area contributed by atoms with Crippen LogP contribution in [0.4, 0.5) is 0 Å². The number of benzene rings is 1. The lowest BCUT2D eigenvalue weighted by atomic mass is 10.1. The Bertz CT molecular complexity index is 683. The van der Waals surface area contributed by atoms with Gasteiger partial charge in [0.25, 0.3) is 0 Å². The summed E-state index contributed by atoms with van der Waals surface area (Å²) in [5.41, 5.74) is 7.07. The Hall–Kier alpha value is -2.14. The lowest BCUT2D eigenvalue weighted by Crippen LogP contribution is -2.40. The molecule has 1 aromatic carbocycles. The van der Waals surface area contributed by atoms with Gasteiger partial charge in [0, 0.05) is 32.0 Å². The number of nitrogens with zero attached hydrogens (tertiary/aromatic N) is 2. The van der Waals surface area contributed by atoms with Gasteiger partial charge in [-0.2, -0.15) is 0 Å². The van der Waals surface area contributed by atoms with Crippen molar-refractivity contribution in [3.05, 3.63) is 68.5 Å². The van der Waals surface area contributed by atoms with Crippen LogP contribution in [-0.4, -0.2) is 9.13 Å². The van der Waals surface area contributed by atoms with Crippen molar-refractivity contribution >= 4 is 0 Å². The molecule has 2 rings (SSSR count). The van der Waals surface area contributed by atoms with Gasteiger partial charge in [-0.3, -0.25) is 9.59 Å². The Morgan fingerprint density at radius 2 is 1.74 bits per heavy atom. The van der Waals surface area contributed by atoms with Gasteiger partial charge in [-0.1, -0.05) is 29.8 Å². The molecule has 5 heteroatoms. The van der Waals surface area contributed by atoms with Crippen LogP contribution >= 0.6 is 0 Å². The minimum atomic E-state index is -0.549. The van der Waals surface area contributed by atoms with Crippen LogP contribution in [0.25, 0.3) is 0 Å². The van der Waals surface area contributed by atoms with Crippen LogP contribution in [0.3, 0.4) is 0 Å². The van der Waals surface area contributed by atoms with Crippen molar-refractivity contribution in [1.82, 2.24) is 9.13 Å². The molecule has 0 amide bonds. The highest BCUT2D eigenvalue weighted by atomic mass is 16.2. The zero-order valence-electron chi connectivity index (χ0n) is 11.0. The zero-order valence-corrected chi connectivity index (χ0v) is 11.0. The quantitative estimate of drug-likeness (QED) is 0.819. The monoisotopic (exact) mass is 259 g/mol. The lowest BCUT2D eigenvalue weighted by molar-refractivity contribution is 0.548. The van der Waals surface area contributed by atoms with Gasteiger partial charge in [0.2, 0.25) is 0 Å². The molecular formula is C14H17N3O2. The Balaban J connectivity index is 2.27. The van der Waals surface area contributed by atoms with Gasteiger partial charge >= 0.3 is 11.1 Å². The van der Waals surface area contributed by atoms with E-state index in [0.717, 1.165) is 11.1 Å². The normalized spacial score (nSPS) is 12.4. The zero-order chi connectivity index (χ0) is 14.0. The average Bonchev–Trinajstić information content (AvgIpc) is 2.40. The smallest absolute Gasteiger partial charge is 0.316 e. The fourth-order valence-electron chi connectivity index (χ4n) is 1.86. The van der Waals surface area contributed by atoms with Crippen molar-refractivity contribution in [1.29, 1.82) is 0 Å². The van der Waals surface area contributed by atoms with E-state index in [4.69, 9.17) is 5.73 Å². The summed E-state index contributed by atoms with van der Waals surface area (Å²) in [4.78, 5) is 23.3.